The highest BCUT2D eigenvalue weighted by Crippen LogP contribution is 2.25. The van der Waals surface area contributed by atoms with Crippen molar-refractivity contribution in [3.63, 3.8) is 0 Å². The molecule has 5 nitrogen and oxygen atoms in total. The van der Waals surface area contributed by atoms with Crippen LogP contribution in [0.5, 0.6) is 0 Å². The Hall–Kier alpha value is -2.86. The number of fused-ring (bicyclic) bond motifs is 2. The molecular weight excluding hydrogens is 295 g/mol. The molecule has 0 atom stereocenters. The maximum atomic E-state index is 13.9. The summed E-state index contributed by atoms with van der Waals surface area (Å²) in [6, 6.07) is 7.83. The Morgan fingerprint density at radius 1 is 1.35 bits per heavy atom. The van der Waals surface area contributed by atoms with Crippen LogP contribution in [-0.2, 0) is 0 Å². The third kappa shape index (κ3) is 2.43. The third-order valence-electron chi connectivity index (χ3n) is 3.91. The summed E-state index contributed by atoms with van der Waals surface area (Å²) in [6.45, 7) is 0.267. The van der Waals surface area contributed by atoms with Gasteiger partial charge in [-0.3, -0.25) is 0 Å². The molecule has 1 aromatic heterocycles. The topological polar surface area (TPSA) is 63.6 Å². The lowest BCUT2D eigenvalue weighted by Crippen LogP contribution is -2.35. The molecule has 4 rings (SSSR count). The van der Waals surface area contributed by atoms with E-state index in [9.17, 15) is 9.50 Å². The van der Waals surface area contributed by atoms with E-state index in [1.54, 1.807) is 17.2 Å². The second-order valence-electron chi connectivity index (χ2n) is 5.43. The maximum Gasteiger partial charge on any atom is 0.171 e. The number of anilines is 1. The predicted octanol–water partition coefficient (Wildman–Crippen LogP) is 2.88. The molecule has 2 aromatic rings. The molecule has 0 unspecified atom stereocenters. The number of aromatic nitrogens is 1. The summed E-state index contributed by atoms with van der Waals surface area (Å²) in [6.07, 6.45) is 6.63. The molecular formula is C17H15FN4O. The zero-order valence-corrected chi connectivity index (χ0v) is 12.3. The van der Waals surface area contributed by atoms with Gasteiger partial charge in [0.1, 0.15) is 5.82 Å². The number of aromatic amines is 1. The second kappa shape index (κ2) is 5.40. The van der Waals surface area contributed by atoms with Crippen molar-refractivity contribution in [2.24, 2.45) is 4.99 Å². The number of aliphatic hydroxyl groups excluding tert-OH is 1. The van der Waals surface area contributed by atoms with Crippen LogP contribution < -0.4 is 5.32 Å². The van der Waals surface area contributed by atoms with Gasteiger partial charge in [0.15, 0.2) is 11.7 Å². The Morgan fingerprint density at radius 2 is 2.26 bits per heavy atom. The van der Waals surface area contributed by atoms with E-state index < -0.39 is 0 Å². The van der Waals surface area contributed by atoms with Crippen LogP contribution in [-0.4, -0.2) is 34.0 Å². The van der Waals surface area contributed by atoms with E-state index in [2.05, 4.69) is 15.3 Å². The van der Waals surface area contributed by atoms with Crippen molar-refractivity contribution in [1.29, 1.82) is 0 Å². The number of H-pyrrole nitrogens is 1. The Balaban J connectivity index is 1.69. The summed E-state index contributed by atoms with van der Waals surface area (Å²) in [4.78, 5) is 9.17. The third-order valence-corrected chi connectivity index (χ3v) is 3.91. The lowest BCUT2D eigenvalue weighted by Gasteiger charge is -2.29. The molecule has 116 valence electrons. The largest absolute Gasteiger partial charge is 0.392 e. The van der Waals surface area contributed by atoms with Gasteiger partial charge >= 0.3 is 0 Å². The van der Waals surface area contributed by atoms with E-state index in [-0.39, 0.29) is 18.3 Å². The highest BCUT2D eigenvalue weighted by molar-refractivity contribution is 6.00. The number of hydrogen-bond donors (Lipinski definition) is 3. The molecule has 0 spiro atoms. The number of nitrogens with zero attached hydrogens (tertiary/aromatic N) is 2. The lowest BCUT2D eigenvalue weighted by atomic mass is 10.1. The first-order valence-corrected chi connectivity index (χ1v) is 7.31. The van der Waals surface area contributed by atoms with E-state index >= 15 is 0 Å². The molecule has 2 aliphatic heterocycles. The van der Waals surface area contributed by atoms with Crippen LogP contribution in [0.4, 0.5) is 10.1 Å². The van der Waals surface area contributed by atoms with Crippen LogP contribution in [0.1, 0.15) is 0 Å². The first-order chi connectivity index (χ1) is 11.2. The van der Waals surface area contributed by atoms with Gasteiger partial charge in [0.05, 0.1) is 13.2 Å². The van der Waals surface area contributed by atoms with Crippen molar-refractivity contribution < 1.29 is 9.50 Å². The van der Waals surface area contributed by atoms with Crippen LogP contribution in [0.15, 0.2) is 71.0 Å². The minimum Gasteiger partial charge on any atom is -0.392 e. The summed E-state index contributed by atoms with van der Waals surface area (Å²) in [5.74, 6) is 0.368. The van der Waals surface area contributed by atoms with Crippen molar-refractivity contribution in [2.75, 3.05) is 18.5 Å². The average Bonchev–Trinajstić information content (AvgIpc) is 3.03. The van der Waals surface area contributed by atoms with Gasteiger partial charge in [0.2, 0.25) is 0 Å². The lowest BCUT2D eigenvalue weighted by molar-refractivity contribution is 0.319. The van der Waals surface area contributed by atoms with Gasteiger partial charge in [-0.2, -0.15) is 0 Å². The van der Waals surface area contributed by atoms with Crippen molar-refractivity contribution >= 4 is 22.4 Å². The molecule has 0 amide bonds. The minimum atomic E-state index is -0.384. The number of amidine groups is 1. The molecule has 0 radical (unpaired) electrons. The van der Waals surface area contributed by atoms with Crippen LogP contribution in [0, 0.1) is 0 Å². The Labute approximate surface area is 132 Å². The van der Waals surface area contributed by atoms with Crippen LogP contribution in [0.3, 0.4) is 0 Å². The fourth-order valence-electron chi connectivity index (χ4n) is 2.73. The van der Waals surface area contributed by atoms with Gasteiger partial charge in [-0.15, -0.1) is 0 Å². The van der Waals surface area contributed by atoms with E-state index in [4.69, 9.17) is 0 Å². The monoisotopic (exact) mass is 310 g/mol. The Morgan fingerprint density at radius 3 is 3.13 bits per heavy atom. The van der Waals surface area contributed by atoms with Crippen LogP contribution in [0.25, 0.3) is 10.9 Å². The molecule has 0 bridgehead atoms. The molecule has 0 fully saturated rings. The van der Waals surface area contributed by atoms with E-state index in [0.717, 1.165) is 16.6 Å². The first-order valence-electron chi connectivity index (χ1n) is 7.31. The number of nitrogens with one attached hydrogen (secondary N) is 2. The molecule has 3 N–H and O–H groups in total. The number of aliphatic imine (C=N–C) groups is 1. The van der Waals surface area contributed by atoms with Crippen molar-refractivity contribution in [1.82, 2.24) is 9.88 Å². The number of aliphatic hydroxyl groups is 1. The molecule has 0 saturated carbocycles. The van der Waals surface area contributed by atoms with Gasteiger partial charge < -0.3 is 20.3 Å². The Kier molecular flexibility index (Phi) is 3.24. The molecule has 2 aliphatic rings. The number of rotatable bonds is 3. The van der Waals surface area contributed by atoms with Crippen molar-refractivity contribution in [2.45, 2.75) is 0 Å². The highest BCUT2D eigenvalue weighted by Gasteiger charge is 2.24. The predicted molar refractivity (Wildman–Crippen MR) is 88.5 cm³/mol. The SMILES string of the molecule is OCC1=C(Nc2ccc3[nH]ccc3c2)N=C2C(F)=CC=CN2C1. The summed E-state index contributed by atoms with van der Waals surface area (Å²) in [5.41, 5.74) is 2.59. The second-order valence-corrected chi connectivity index (χ2v) is 5.43. The molecule has 0 saturated heterocycles. The quantitative estimate of drug-likeness (QED) is 0.817. The molecule has 6 heteroatoms. The zero-order valence-electron chi connectivity index (χ0n) is 12.3. The van der Waals surface area contributed by atoms with Gasteiger partial charge in [-0.25, -0.2) is 9.38 Å². The van der Waals surface area contributed by atoms with Crippen LogP contribution in [0.2, 0.25) is 0 Å². The Bertz CT molecular complexity index is 891. The summed E-state index contributed by atoms with van der Waals surface area (Å²) >= 11 is 0. The molecule has 0 aliphatic carbocycles. The zero-order chi connectivity index (χ0) is 15.8. The standard InChI is InChI=1S/C17H15FN4O/c18-14-2-1-7-22-9-12(10-23)16(21-17(14)22)20-13-3-4-15-11(8-13)5-6-19-15/h1-8,19-20,23H,9-10H2. The summed E-state index contributed by atoms with van der Waals surface area (Å²) < 4.78 is 13.9. The molecule has 23 heavy (non-hydrogen) atoms. The van der Waals surface area contributed by atoms with Gasteiger partial charge in [-0.05, 0) is 36.4 Å². The molecule has 3 heterocycles. The van der Waals surface area contributed by atoms with Gasteiger partial charge in [0, 0.05) is 34.6 Å². The number of hydrogen-bond acceptors (Lipinski definition) is 4. The summed E-state index contributed by atoms with van der Waals surface area (Å²) in [5, 5.41) is 13.9. The fourth-order valence-corrected chi connectivity index (χ4v) is 2.73. The molecule has 1 aromatic carbocycles. The van der Waals surface area contributed by atoms with E-state index in [0.29, 0.717) is 17.9 Å². The fraction of sp³-hybridized carbons (Fsp3) is 0.118. The van der Waals surface area contributed by atoms with Crippen molar-refractivity contribution in [3.05, 3.63) is 66.0 Å². The van der Waals surface area contributed by atoms with Gasteiger partial charge in [-0.1, -0.05) is 0 Å². The first kappa shape index (κ1) is 13.8. The number of benzene rings is 1. The van der Waals surface area contributed by atoms with Crippen LogP contribution >= 0.6 is 0 Å². The minimum absolute atomic E-state index is 0.138. The number of allylic oxidation sites excluding steroid dienone is 2. The van der Waals surface area contributed by atoms with Crippen molar-refractivity contribution in [3.8, 4) is 0 Å². The highest BCUT2D eigenvalue weighted by atomic mass is 19.1. The van der Waals surface area contributed by atoms with E-state index in [1.807, 2.05) is 30.5 Å². The smallest absolute Gasteiger partial charge is 0.171 e. The normalized spacial score (nSPS) is 17.2. The van der Waals surface area contributed by atoms with Gasteiger partial charge in [0.25, 0.3) is 0 Å². The number of halogens is 1. The van der Waals surface area contributed by atoms with E-state index in [1.165, 1.54) is 6.08 Å². The summed E-state index contributed by atoms with van der Waals surface area (Å²) in [7, 11) is 0. The maximum absolute atomic E-state index is 13.9. The average molecular weight is 310 g/mol.